The molecule has 21 heavy (non-hydrogen) atoms. The van der Waals surface area contributed by atoms with E-state index in [0.717, 1.165) is 12.1 Å². The van der Waals surface area contributed by atoms with E-state index < -0.39 is 17.7 Å². The van der Waals surface area contributed by atoms with Crippen LogP contribution in [-0.2, 0) is 6.18 Å². The second-order valence-corrected chi connectivity index (χ2v) is 6.05. The highest BCUT2D eigenvalue weighted by Gasteiger charge is 2.30. The Balaban J connectivity index is 2.28. The first kappa shape index (κ1) is 15.9. The SMILES string of the molecule is O=C(O)c1cccc(Sc2ccc(C(F)(F)F)cc2Br)c1. The number of carboxylic acids is 1. The first-order valence-corrected chi connectivity index (χ1v) is 7.26. The number of hydrogen-bond donors (Lipinski definition) is 1. The summed E-state index contributed by atoms with van der Waals surface area (Å²) in [5, 5.41) is 8.91. The van der Waals surface area contributed by atoms with E-state index in [0.29, 0.717) is 14.3 Å². The molecule has 2 aromatic carbocycles. The summed E-state index contributed by atoms with van der Waals surface area (Å²) < 4.78 is 38.0. The van der Waals surface area contributed by atoms with Crippen LogP contribution in [0.4, 0.5) is 13.2 Å². The van der Waals surface area contributed by atoms with Crippen LogP contribution in [0.25, 0.3) is 0 Å². The lowest BCUT2D eigenvalue weighted by Crippen LogP contribution is -2.04. The number of benzene rings is 2. The number of rotatable bonds is 3. The lowest BCUT2D eigenvalue weighted by atomic mass is 10.2. The first-order chi connectivity index (χ1) is 9.77. The average Bonchev–Trinajstić information content (AvgIpc) is 2.40. The molecule has 0 fully saturated rings. The van der Waals surface area contributed by atoms with Gasteiger partial charge in [-0.25, -0.2) is 4.79 Å². The minimum atomic E-state index is -4.39. The number of alkyl halides is 3. The molecule has 0 heterocycles. The Labute approximate surface area is 131 Å². The van der Waals surface area contributed by atoms with E-state index in [-0.39, 0.29) is 5.56 Å². The van der Waals surface area contributed by atoms with Crippen molar-refractivity contribution in [1.29, 1.82) is 0 Å². The van der Waals surface area contributed by atoms with Gasteiger partial charge in [-0.3, -0.25) is 0 Å². The highest BCUT2D eigenvalue weighted by Crippen LogP contribution is 2.38. The zero-order valence-electron chi connectivity index (χ0n) is 10.3. The maximum Gasteiger partial charge on any atom is 0.416 e. The standard InChI is InChI=1S/C14H8BrF3O2S/c15-11-7-9(14(16,17)18)4-5-12(11)21-10-3-1-2-8(6-10)13(19)20/h1-7H,(H,19,20). The summed E-state index contributed by atoms with van der Waals surface area (Å²) in [5.41, 5.74) is -0.610. The van der Waals surface area contributed by atoms with E-state index in [9.17, 15) is 18.0 Å². The topological polar surface area (TPSA) is 37.3 Å². The first-order valence-electron chi connectivity index (χ1n) is 5.65. The van der Waals surface area contributed by atoms with E-state index in [2.05, 4.69) is 15.9 Å². The average molecular weight is 377 g/mol. The van der Waals surface area contributed by atoms with Gasteiger partial charge in [-0.1, -0.05) is 17.8 Å². The number of halogens is 4. The van der Waals surface area contributed by atoms with Crippen molar-refractivity contribution in [1.82, 2.24) is 0 Å². The predicted octanol–water partition coefficient (Wildman–Crippen LogP) is 5.32. The molecule has 0 atom stereocenters. The molecule has 2 aromatic rings. The van der Waals surface area contributed by atoms with Gasteiger partial charge in [0.15, 0.2) is 0 Å². The lowest BCUT2D eigenvalue weighted by molar-refractivity contribution is -0.137. The van der Waals surface area contributed by atoms with Crippen LogP contribution < -0.4 is 0 Å². The van der Waals surface area contributed by atoms with E-state index in [4.69, 9.17) is 5.11 Å². The van der Waals surface area contributed by atoms with Gasteiger partial charge in [-0.15, -0.1) is 0 Å². The van der Waals surface area contributed by atoms with Gasteiger partial charge in [0.05, 0.1) is 11.1 Å². The molecule has 0 radical (unpaired) electrons. The Morgan fingerprint density at radius 3 is 2.43 bits per heavy atom. The molecule has 1 N–H and O–H groups in total. The van der Waals surface area contributed by atoms with Gasteiger partial charge in [0, 0.05) is 14.3 Å². The van der Waals surface area contributed by atoms with Crippen molar-refractivity contribution >= 4 is 33.7 Å². The molecule has 0 aromatic heterocycles. The number of aromatic carboxylic acids is 1. The van der Waals surface area contributed by atoms with Crippen molar-refractivity contribution in [3.05, 3.63) is 58.1 Å². The van der Waals surface area contributed by atoms with Crippen molar-refractivity contribution < 1.29 is 23.1 Å². The predicted molar refractivity (Wildman–Crippen MR) is 76.7 cm³/mol. The lowest BCUT2D eigenvalue weighted by Gasteiger charge is -2.10. The van der Waals surface area contributed by atoms with Crippen LogP contribution in [0.15, 0.2) is 56.7 Å². The highest BCUT2D eigenvalue weighted by molar-refractivity contribution is 9.10. The maximum atomic E-state index is 12.6. The maximum absolute atomic E-state index is 12.6. The van der Waals surface area contributed by atoms with E-state index in [1.54, 1.807) is 12.1 Å². The van der Waals surface area contributed by atoms with Gasteiger partial charge in [0.1, 0.15) is 0 Å². The van der Waals surface area contributed by atoms with Crippen LogP contribution in [-0.4, -0.2) is 11.1 Å². The Morgan fingerprint density at radius 1 is 1.14 bits per heavy atom. The molecule has 0 aliphatic carbocycles. The summed E-state index contributed by atoms with van der Waals surface area (Å²) in [6.45, 7) is 0. The van der Waals surface area contributed by atoms with Crippen LogP contribution in [0.2, 0.25) is 0 Å². The smallest absolute Gasteiger partial charge is 0.416 e. The zero-order valence-corrected chi connectivity index (χ0v) is 12.7. The van der Waals surface area contributed by atoms with Crippen molar-refractivity contribution in [2.45, 2.75) is 16.0 Å². The van der Waals surface area contributed by atoms with Gasteiger partial charge >= 0.3 is 12.1 Å². The molecule has 0 amide bonds. The summed E-state index contributed by atoms with van der Waals surface area (Å²) in [6.07, 6.45) is -4.39. The Bertz CT molecular complexity index is 686. The molecule has 0 saturated heterocycles. The fraction of sp³-hybridized carbons (Fsp3) is 0.0714. The summed E-state index contributed by atoms with van der Waals surface area (Å²) in [4.78, 5) is 12.1. The Morgan fingerprint density at radius 2 is 1.86 bits per heavy atom. The fourth-order valence-electron chi connectivity index (χ4n) is 1.58. The minimum absolute atomic E-state index is 0.128. The van der Waals surface area contributed by atoms with Crippen LogP contribution in [0.1, 0.15) is 15.9 Å². The highest BCUT2D eigenvalue weighted by atomic mass is 79.9. The summed E-state index contributed by atoms with van der Waals surface area (Å²) >= 11 is 4.29. The molecule has 7 heteroatoms. The molecule has 0 bridgehead atoms. The summed E-state index contributed by atoms with van der Waals surface area (Å²) in [7, 11) is 0. The van der Waals surface area contributed by atoms with Gasteiger partial charge in [0.25, 0.3) is 0 Å². The third-order valence-electron chi connectivity index (χ3n) is 2.57. The normalized spacial score (nSPS) is 11.4. The Hall–Kier alpha value is -1.47. The molecule has 0 aliphatic rings. The van der Waals surface area contributed by atoms with Crippen molar-refractivity contribution in [3.63, 3.8) is 0 Å². The van der Waals surface area contributed by atoms with E-state index in [1.807, 2.05) is 0 Å². The molecular formula is C14H8BrF3O2S. The molecule has 0 aliphatic heterocycles. The van der Waals surface area contributed by atoms with Crippen molar-refractivity contribution in [2.24, 2.45) is 0 Å². The van der Waals surface area contributed by atoms with Crippen LogP contribution in [0.3, 0.4) is 0 Å². The second kappa shape index (κ2) is 6.11. The fourth-order valence-corrected chi connectivity index (χ4v) is 3.08. The van der Waals surface area contributed by atoms with Crippen LogP contribution in [0.5, 0.6) is 0 Å². The quantitative estimate of drug-likeness (QED) is 0.787. The van der Waals surface area contributed by atoms with Crippen LogP contribution >= 0.6 is 27.7 Å². The number of hydrogen-bond acceptors (Lipinski definition) is 2. The monoisotopic (exact) mass is 376 g/mol. The molecule has 0 saturated carbocycles. The van der Waals surface area contributed by atoms with Crippen molar-refractivity contribution in [3.8, 4) is 0 Å². The molecule has 110 valence electrons. The summed E-state index contributed by atoms with van der Waals surface area (Å²) in [6, 6.07) is 9.55. The van der Waals surface area contributed by atoms with E-state index >= 15 is 0 Å². The van der Waals surface area contributed by atoms with Crippen LogP contribution in [0, 0.1) is 0 Å². The molecule has 2 nitrogen and oxygen atoms in total. The largest absolute Gasteiger partial charge is 0.478 e. The van der Waals surface area contributed by atoms with Gasteiger partial charge in [-0.2, -0.15) is 13.2 Å². The zero-order chi connectivity index (χ0) is 15.6. The van der Waals surface area contributed by atoms with Crippen molar-refractivity contribution in [2.75, 3.05) is 0 Å². The minimum Gasteiger partial charge on any atom is -0.478 e. The van der Waals surface area contributed by atoms with Gasteiger partial charge in [0.2, 0.25) is 0 Å². The summed E-state index contributed by atoms with van der Waals surface area (Å²) in [5.74, 6) is -1.05. The van der Waals surface area contributed by atoms with E-state index in [1.165, 1.54) is 30.0 Å². The molecule has 2 rings (SSSR count). The molecule has 0 unspecified atom stereocenters. The van der Waals surface area contributed by atoms with Gasteiger partial charge in [-0.05, 0) is 52.3 Å². The number of carbonyl (C=O) groups is 1. The third kappa shape index (κ3) is 4.01. The second-order valence-electron chi connectivity index (χ2n) is 4.08. The number of carboxylic acid groups (broad SMARTS) is 1. The molecule has 0 spiro atoms. The van der Waals surface area contributed by atoms with Gasteiger partial charge < -0.3 is 5.11 Å². The Kier molecular flexibility index (Phi) is 4.63. The molecular weight excluding hydrogens is 369 g/mol. The third-order valence-corrected chi connectivity index (χ3v) is 4.55.